The third kappa shape index (κ3) is 4.05. The van der Waals surface area contributed by atoms with Gasteiger partial charge in [0.1, 0.15) is 6.04 Å². The van der Waals surface area contributed by atoms with Gasteiger partial charge in [-0.1, -0.05) is 6.07 Å². The SMILES string of the molecule is Cl.N#Cc1cc(NC2CCC(=O)NC2=O)ccc1C1CCNCC1. The highest BCUT2D eigenvalue weighted by Gasteiger charge is 2.26. The Labute approximate surface area is 147 Å². The number of rotatable bonds is 3. The minimum Gasteiger partial charge on any atom is -0.374 e. The number of carbonyl (C=O) groups is 2. The molecule has 128 valence electrons. The zero-order valence-corrected chi connectivity index (χ0v) is 14.1. The Morgan fingerprint density at radius 2 is 1.92 bits per heavy atom. The van der Waals surface area contributed by atoms with Crippen LogP contribution in [0.25, 0.3) is 0 Å². The second kappa shape index (κ2) is 8.13. The van der Waals surface area contributed by atoms with Gasteiger partial charge in [0.05, 0.1) is 11.6 Å². The summed E-state index contributed by atoms with van der Waals surface area (Å²) in [6, 6.07) is 7.56. The summed E-state index contributed by atoms with van der Waals surface area (Å²) < 4.78 is 0. The summed E-state index contributed by atoms with van der Waals surface area (Å²) in [5.41, 5.74) is 2.49. The van der Waals surface area contributed by atoms with Crippen LogP contribution in [0.4, 0.5) is 5.69 Å². The molecule has 6 nitrogen and oxygen atoms in total. The van der Waals surface area contributed by atoms with Gasteiger partial charge in [-0.05, 0) is 56.0 Å². The summed E-state index contributed by atoms with van der Waals surface area (Å²) in [6.45, 7) is 1.96. The van der Waals surface area contributed by atoms with E-state index in [1.807, 2.05) is 12.1 Å². The van der Waals surface area contributed by atoms with Crippen LogP contribution in [0.2, 0.25) is 0 Å². The average molecular weight is 349 g/mol. The van der Waals surface area contributed by atoms with Crippen molar-refractivity contribution in [3.63, 3.8) is 0 Å². The first kappa shape index (κ1) is 18.2. The van der Waals surface area contributed by atoms with E-state index in [0.29, 0.717) is 24.3 Å². The lowest BCUT2D eigenvalue weighted by Gasteiger charge is -2.25. The first-order valence-corrected chi connectivity index (χ1v) is 8.02. The Morgan fingerprint density at radius 1 is 1.17 bits per heavy atom. The smallest absolute Gasteiger partial charge is 0.249 e. The quantitative estimate of drug-likeness (QED) is 0.722. The molecule has 2 amide bonds. The molecule has 2 saturated heterocycles. The lowest BCUT2D eigenvalue weighted by atomic mass is 9.87. The van der Waals surface area contributed by atoms with E-state index in [9.17, 15) is 14.9 Å². The molecular weight excluding hydrogens is 328 g/mol. The van der Waals surface area contributed by atoms with Gasteiger partial charge in [0.25, 0.3) is 0 Å². The highest BCUT2D eigenvalue weighted by atomic mass is 35.5. The molecule has 1 unspecified atom stereocenters. The molecule has 3 rings (SSSR count). The highest BCUT2D eigenvalue weighted by Crippen LogP contribution is 2.30. The number of nitrogens with one attached hydrogen (secondary N) is 3. The molecule has 2 aliphatic heterocycles. The summed E-state index contributed by atoms with van der Waals surface area (Å²) >= 11 is 0. The number of amides is 2. The lowest BCUT2D eigenvalue weighted by Crippen LogP contribution is -2.47. The maximum Gasteiger partial charge on any atom is 0.249 e. The van der Waals surface area contributed by atoms with Gasteiger partial charge in [-0.2, -0.15) is 5.26 Å². The number of hydrogen-bond acceptors (Lipinski definition) is 5. The van der Waals surface area contributed by atoms with Gasteiger partial charge in [-0.15, -0.1) is 12.4 Å². The van der Waals surface area contributed by atoms with Gasteiger partial charge in [-0.3, -0.25) is 14.9 Å². The average Bonchev–Trinajstić information content (AvgIpc) is 2.58. The maximum absolute atomic E-state index is 11.8. The van der Waals surface area contributed by atoms with E-state index < -0.39 is 6.04 Å². The van der Waals surface area contributed by atoms with Crippen LogP contribution in [-0.2, 0) is 9.59 Å². The number of carbonyl (C=O) groups excluding carboxylic acids is 2. The van der Waals surface area contributed by atoms with Crippen molar-refractivity contribution in [2.24, 2.45) is 0 Å². The van der Waals surface area contributed by atoms with E-state index in [-0.39, 0.29) is 24.2 Å². The van der Waals surface area contributed by atoms with E-state index in [1.54, 1.807) is 6.07 Å². The van der Waals surface area contributed by atoms with E-state index in [1.165, 1.54) is 0 Å². The van der Waals surface area contributed by atoms with Gasteiger partial charge in [0.15, 0.2) is 0 Å². The predicted molar refractivity (Wildman–Crippen MR) is 93.0 cm³/mol. The zero-order valence-electron chi connectivity index (χ0n) is 13.3. The molecule has 2 heterocycles. The standard InChI is InChI=1S/C17H20N4O2.ClH/c18-10-12-9-13(20-15-3-4-16(22)21-17(15)23)1-2-14(12)11-5-7-19-8-6-11;/h1-2,9,11,15,19-20H,3-8H2,(H,21,22,23);1H. The number of imide groups is 1. The largest absolute Gasteiger partial charge is 0.374 e. The fourth-order valence-corrected chi connectivity index (χ4v) is 3.26. The van der Waals surface area contributed by atoms with Crippen molar-refractivity contribution in [1.29, 1.82) is 5.26 Å². The normalized spacial score (nSPS) is 21.4. The second-order valence-electron chi connectivity index (χ2n) is 6.09. The number of nitriles is 1. The number of hydrogen-bond donors (Lipinski definition) is 3. The minimum atomic E-state index is -0.427. The van der Waals surface area contributed by atoms with E-state index in [0.717, 1.165) is 37.2 Å². The molecule has 1 aromatic rings. The number of piperidine rings is 2. The Balaban J connectivity index is 0.00000208. The van der Waals surface area contributed by atoms with Crippen LogP contribution in [-0.4, -0.2) is 30.9 Å². The van der Waals surface area contributed by atoms with Crippen LogP contribution in [0.3, 0.4) is 0 Å². The van der Waals surface area contributed by atoms with Gasteiger partial charge in [-0.25, -0.2) is 0 Å². The number of nitrogens with zero attached hydrogens (tertiary/aromatic N) is 1. The number of benzene rings is 1. The van der Waals surface area contributed by atoms with Crippen molar-refractivity contribution in [3.8, 4) is 6.07 Å². The zero-order chi connectivity index (χ0) is 16.2. The topological polar surface area (TPSA) is 94.0 Å². The predicted octanol–water partition coefficient (Wildman–Crippen LogP) is 1.66. The van der Waals surface area contributed by atoms with Crippen LogP contribution < -0.4 is 16.0 Å². The van der Waals surface area contributed by atoms with Crippen molar-refractivity contribution in [1.82, 2.24) is 10.6 Å². The first-order valence-electron chi connectivity index (χ1n) is 8.02. The summed E-state index contributed by atoms with van der Waals surface area (Å²) in [6.07, 6.45) is 2.88. The minimum absolute atomic E-state index is 0. The van der Waals surface area contributed by atoms with Gasteiger partial charge in [0, 0.05) is 12.1 Å². The van der Waals surface area contributed by atoms with Crippen LogP contribution in [0.15, 0.2) is 18.2 Å². The van der Waals surface area contributed by atoms with Crippen molar-refractivity contribution in [2.75, 3.05) is 18.4 Å². The van der Waals surface area contributed by atoms with Crippen molar-refractivity contribution in [3.05, 3.63) is 29.3 Å². The summed E-state index contributed by atoms with van der Waals surface area (Å²) in [5, 5.41) is 18.2. The van der Waals surface area contributed by atoms with Crippen LogP contribution in [0.1, 0.15) is 42.7 Å². The fraction of sp³-hybridized carbons (Fsp3) is 0.471. The van der Waals surface area contributed by atoms with Crippen molar-refractivity contribution in [2.45, 2.75) is 37.6 Å². The van der Waals surface area contributed by atoms with E-state index in [4.69, 9.17) is 0 Å². The molecule has 0 bridgehead atoms. The molecule has 1 atom stereocenters. The molecule has 0 radical (unpaired) electrons. The fourth-order valence-electron chi connectivity index (χ4n) is 3.26. The van der Waals surface area contributed by atoms with Gasteiger partial charge in [0.2, 0.25) is 11.8 Å². The molecule has 2 fully saturated rings. The molecule has 1 aromatic carbocycles. The lowest BCUT2D eigenvalue weighted by molar-refractivity contribution is -0.133. The molecule has 3 N–H and O–H groups in total. The molecular formula is C17H21ClN4O2. The second-order valence-corrected chi connectivity index (χ2v) is 6.09. The van der Waals surface area contributed by atoms with E-state index >= 15 is 0 Å². The summed E-state index contributed by atoms with van der Waals surface area (Å²) in [5.74, 6) is -0.121. The van der Waals surface area contributed by atoms with E-state index in [2.05, 4.69) is 22.0 Å². The van der Waals surface area contributed by atoms with Gasteiger partial charge >= 0.3 is 0 Å². The van der Waals surface area contributed by atoms with Crippen molar-refractivity contribution < 1.29 is 9.59 Å². The first-order chi connectivity index (χ1) is 11.2. The van der Waals surface area contributed by atoms with Crippen LogP contribution >= 0.6 is 12.4 Å². The number of halogens is 1. The third-order valence-corrected chi connectivity index (χ3v) is 4.53. The third-order valence-electron chi connectivity index (χ3n) is 4.53. The van der Waals surface area contributed by atoms with Crippen molar-refractivity contribution >= 4 is 29.9 Å². The highest BCUT2D eigenvalue weighted by molar-refractivity contribution is 6.01. The monoisotopic (exact) mass is 348 g/mol. The Bertz CT molecular complexity index is 665. The maximum atomic E-state index is 11.8. The summed E-state index contributed by atoms with van der Waals surface area (Å²) in [4.78, 5) is 23.0. The van der Waals surface area contributed by atoms with Crippen LogP contribution in [0.5, 0.6) is 0 Å². The Morgan fingerprint density at radius 3 is 2.58 bits per heavy atom. The molecule has 7 heteroatoms. The van der Waals surface area contributed by atoms with Gasteiger partial charge < -0.3 is 10.6 Å². The Hall–Kier alpha value is -2.10. The molecule has 0 spiro atoms. The number of anilines is 1. The molecule has 2 aliphatic rings. The molecule has 0 aliphatic carbocycles. The Kier molecular flexibility index (Phi) is 6.18. The molecule has 0 aromatic heterocycles. The van der Waals surface area contributed by atoms with Crippen LogP contribution in [0, 0.1) is 11.3 Å². The molecule has 24 heavy (non-hydrogen) atoms. The molecule has 0 saturated carbocycles. The summed E-state index contributed by atoms with van der Waals surface area (Å²) in [7, 11) is 0.